The van der Waals surface area contributed by atoms with E-state index in [0.29, 0.717) is 12.8 Å². The van der Waals surface area contributed by atoms with Gasteiger partial charge < -0.3 is 20.5 Å². The van der Waals surface area contributed by atoms with E-state index in [1.165, 1.54) is 0 Å². The summed E-state index contributed by atoms with van der Waals surface area (Å²) in [7, 11) is 0. The predicted molar refractivity (Wildman–Crippen MR) is 117 cm³/mol. The number of ether oxygens (including phenoxy) is 1. The molecular formula is C23H38N2O5. The van der Waals surface area contributed by atoms with Gasteiger partial charge in [0.05, 0.1) is 18.1 Å². The van der Waals surface area contributed by atoms with Crippen LogP contribution in [-0.2, 0) is 19.1 Å². The third-order valence-corrected chi connectivity index (χ3v) is 5.43. The maximum atomic E-state index is 12.9. The van der Waals surface area contributed by atoms with Gasteiger partial charge in [-0.15, -0.1) is 13.2 Å². The molecule has 0 aromatic carbocycles. The lowest BCUT2D eigenvalue weighted by Gasteiger charge is -2.31. The molecular weight excluding hydrogens is 384 g/mol. The highest BCUT2D eigenvalue weighted by molar-refractivity contribution is 5.86. The lowest BCUT2D eigenvalue weighted by molar-refractivity contribution is -0.147. The molecule has 0 radical (unpaired) electrons. The second-order valence-electron chi connectivity index (χ2n) is 8.25. The average molecular weight is 423 g/mol. The SMILES string of the molecule is C=CCCCCC(=O)OCC1(NC(=O)[C@H](CC=C)CC(=O)N[C@@H](C)CO)CCCC1. The molecule has 1 aliphatic rings. The first-order valence-corrected chi connectivity index (χ1v) is 11.0. The van der Waals surface area contributed by atoms with Crippen molar-refractivity contribution in [2.45, 2.75) is 82.7 Å². The van der Waals surface area contributed by atoms with Crippen LogP contribution in [0.3, 0.4) is 0 Å². The molecule has 0 saturated heterocycles. The molecule has 1 fully saturated rings. The Morgan fingerprint density at radius 2 is 1.87 bits per heavy atom. The molecule has 0 unspecified atom stereocenters. The van der Waals surface area contributed by atoms with Gasteiger partial charge in [-0.25, -0.2) is 0 Å². The summed E-state index contributed by atoms with van der Waals surface area (Å²) in [5.41, 5.74) is -0.567. The number of carbonyl (C=O) groups is 3. The number of esters is 1. The van der Waals surface area contributed by atoms with Crippen LogP contribution in [0.2, 0.25) is 0 Å². The molecule has 30 heavy (non-hydrogen) atoms. The van der Waals surface area contributed by atoms with Crippen LogP contribution >= 0.6 is 0 Å². The highest BCUT2D eigenvalue weighted by atomic mass is 16.5. The normalized spacial score (nSPS) is 16.9. The van der Waals surface area contributed by atoms with Crippen molar-refractivity contribution in [1.82, 2.24) is 10.6 Å². The average Bonchev–Trinajstić information content (AvgIpc) is 3.17. The summed E-state index contributed by atoms with van der Waals surface area (Å²) >= 11 is 0. The number of aliphatic hydroxyl groups is 1. The molecule has 1 aliphatic carbocycles. The zero-order chi connectivity index (χ0) is 22.4. The van der Waals surface area contributed by atoms with Gasteiger partial charge in [0.25, 0.3) is 0 Å². The monoisotopic (exact) mass is 422 g/mol. The Balaban J connectivity index is 2.63. The fourth-order valence-corrected chi connectivity index (χ4v) is 3.66. The number of nitrogens with one attached hydrogen (secondary N) is 2. The van der Waals surface area contributed by atoms with Crippen molar-refractivity contribution in [2.75, 3.05) is 13.2 Å². The molecule has 2 atom stereocenters. The highest BCUT2D eigenvalue weighted by Gasteiger charge is 2.38. The molecule has 0 aromatic heterocycles. The van der Waals surface area contributed by atoms with Crippen LogP contribution in [0.15, 0.2) is 25.3 Å². The summed E-state index contributed by atoms with van der Waals surface area (Å²) in [6, 6.07) is -0.364. The number of amides is 2. The van der Waals surface area contributed by atoms with Gasteiger partial charge in [-0.2, -0.15) is 0 Å². The molecule has 1 saturated carbocycles. The minimum atomic E-state index is -0.567. The van der Waals surface area contributed by atoms with Crippen LogP contribution in [0, 0.1) is 5.92 Å². The second-order valence-corrected chi connectivity index (χ2v) is 8.25. The van der Waals surface area contributed by atoms with E-state index in [4.69, 9.17) is 9.84 Å². The van der Waals surface area contributed by atoms with Crippen molar-refractivity contribution in [3.8, 4) is 0 Å². The Kier molecular flexibility index (Phi) is 12.0. The first-order valence-electron chi connectivity index (χ1n) is 11.0. The standard InChI is InChI=1S/C23H38N2O5/c1-4-6-7-8-12-21(28)30-17-23(13-9-10-14-23)25-22(29)19(11-5-2)15-20(27)24-18(3)16-26/h4-5,18-19,26H,1-2,6-17H2,3H3,(H,24,27)(H,25,29)/t18-,19+/m0/s1. The van der Waals surface area contributed by atoms with Gasteiger partial charge in [0, 0.05) is 18.9 Å². The zero-order valence-corrected chi connectivity index (χ0v) is 18.3. The topological polar surface area (TPSA) is 105 Å². The van der Waals surface area contributed by atoms with Gasteiger partial charge in [0.1, 0.15) is 6.61 Å². The molecule has 0 heterocycles. The third kappa shape index (κ3) is 9.57. The van der Waals surface area contributed by atoms with E-state index in [1.807, 2.05) is 6.08 Å². The Morgan fingerprint density at radius 3 is 2.47 bits per heavy atom. The van der Waals surface area contributed by atoms with Crippen LogP contribution in [-0.4, -0.2) is 47.7 Å². The van der Waals surface area contributed by atoms with Crippen LogP contribution in [0.5, 0.6) is 0 Å². The number of hydrogen-bond donors (Lipinski definition) is 3. The first-order chi connectivity index (χ1) is 14.4. The lowest BCUT2D eigenvalue weighted by atomic mass is 9.94. The summed E-state index contributed by atoms with van der Waals surface area (Å²) in [6.45, 7) is 9.05. The maximum Gasteiger partial charge on any atom is 0.305 e. The fourth-order valence-electron chi connectivity index (χ4n) is 3.66. The quantitative estimate of drug-likeness (QED) is 0.214. The van der Waals surface area contributed by atoms with E-state index in [2.05, 4.69) is 23.8 Å². The Hall–Kier alpha value is -2.15. The summed E-state index contributed by atoms with van der Waals surface area (Å²) in [5.74, 6) is -1.32. The van der Waals surface area contributed by atoms with Gasteiger partial charge in [-0.1, -0.05) is 25.0 Å². The number of hydrogen-bond acceptors (Lipinski definition) is 5. The molecule has 7 heteroatoms. The van der Waals surface area contributed by atoms with Crippen LogP contribution in [0.25, 0.3) is 0 Å². The lowest BCUT2D eigenvalue weighted by Crippen LogP contribution is -2.52. The number of allylic oxidation sites excluding steroid dienone is 2. The molecule has 3 N–H and O–H groups in total. The first kappa shape index (κ1) is 25.9. The van der Waals surface area contributed by atoms with Gasteiger partial charge in [0.15, 0.2) is 0 Å². The molecule has 170 valence electrons. The van der Waals surface area contributed by atoms with Gasteiger partial charge in [0.2, 0.25) is 11.8 Å². The van der Waals surface area contributed by atoms with E-state index in [-0.39, 0.29) is 43.5 Å². The third-order valence-electron chi connectivity index (χ3n) is 5.43. The smallest absolute Gasteiger partial charge is 0.305 e. The number of carbonyl (C=O) groups excluding carboxylic acids is 3. The molecule has 0 aromatic rings. The highest BCUT2D eigenvalue weighted by Crippen LogP contribution is 2.31. The zero-order valence-electron chi connectivity index (χ0n) is 18.3. The number of rotatable bonds is 15. The maximum absolute atomic E-state index is 12.9. The molecule has 7 nitrogen and oxygen atoms in total. The van der Waals surface area contributed by atoms with Crippen molar-refractivity contribution < 1.29 is 24.2 Å². The fraction of sp³-hybridized carbons (Fsp3) is 0.696. The largest absolute Gasteiger partial charge is 0.463 e. The van der Waals surface area contributed by atoms with E-state index < -0.39 is 11.5 Å². The summed E-state index contributed by atoms with van der Waals surface area (Å²) < 4.78 is 5.49. The Bertz CT molecular complexity index is 584. The van der Waals surface area contributed by atoms with Crippen molar-refractivity contribution in [3.05, 3.63) is 25.3 Å². The van der Waals surface area contributed by atoms with Gasteiger partial charge in [-0.3, -0.25) is 14.4 Å². The Labute approximate surface area is 180 Å². The van der Waals surface area contributed by atoms with Crippen molar-refractivity contribution in [2.24, 2.45) is 5.92 Å². The molecule has 0 aliphatic heterocycles. The molecule has 1 rings (SSSR count). The molecule has 0 bridgehead atoms. The predicted octanol–water partition coefficient (Wildman–Crippen LogP) is 2.78. The second kappa shape index (κ2) is 14.0. The van der Waals surface area contributed by atoms with E-state index in [9.17, 15) is 14.4 Å². The van der Waals surface area contributed by atoms with E-state index in [1.54, 1.807) is 13.0 Å². The van der Waals surface area contributed by atoms with Crippen molar-refractivity contribution in [1.29, 1.82) is 0 Å². The minimum absolute atomic E-state index is 0.0152. The van der Waals surface area contributed by atoms with Crippen LogP contribution in [0.4, 0.5) is 0 Å². The van der Waals surface area contributed by atoms with E-state index in [0.717, 1.165) is 44.9 Å². The summed E-state index contributed by atoms with van der Waals surface area (Å²) in [6.07, 6.45) is 10.1. The number of unbranched alkanes of at least 4 members (excludes halogenated alkanes) is 2. The van der Waals surface area contributed by atoms with Crippen molar-refractivity contribution >= 4 is 17.8 Å². The van der Waals surface area contributed by atoms with Crippen LogP contribution < -0.4 is 10.6 Å². The minimum Gasteiger partial charge on any atom is -0.463 e. The number of aliphatic hydroxyl groups excluding tert-OH is 1. The summed E-state index contributed by atoms with van der Waals surface area (Å²) in [4.78, 5) is 37.2. The van der Waals surface area contributed by atoms with Crippen molar-refractivity contribution in [3.63, 3.8) is 0 Å². The van der Waals surface area contributed by atoms with Crippen LogP contribution in [0.1, 0.15) is 71.1 Å². The Morgan fingerprint density at radius 1 is 1.17 bits per heavy atom. The molecule has 0 spiro atoms. The van der Waals surface area contributed by atoms with E-state index >= 15 is 0 Å². The van der Waals surface area contributed by atoms with Gasteiger partial charge in [-0.05, 0) is 45.4 Å². The summed E-state index contributed by atoms with van der Waals surface area (Å²) in [5, 5.41) is 14.8. The molecule has 2 amide bonds. The van der Waals surface area contributed by atoms with Gasteiger partial charge >= 0.3 is 5.97 Å².